The van der Waals surface area contributed by atoms with E-state index in [2.05, 4.69) is 17.4 Å². The zero-order valence-corrected chi connectivity index (χ0v) is 19.2. The minimum Gasteiger partial charge on any atom is -0.479 e. The highest BCUT2D eigenvalue weighted by Gasteiger charge is 2.57. The molecule has 9 heteroatoms. The van der Waals surface area contributed by atoms with Crippen molar-refractivity contribution in [1.29, 1.82) is 0 Å². The molecule has 3 unspecified atom stereocenters. The maximum absolute atomic E-state index is 12.6. The van der Waals surface area contributed by atoms with Crippen LogP contribution in [-0.4, -0.2) is 77.6 Å². The molecule has 2 heterocycles. The molecule has 0 radical (unpaired) electrons. The lowest BCUT2D eigenvalue weighted by atomic mass is 9.91. The molecule has 35 heavy (non-hydrogen) atoms. The molecule has 2 saturated heterocycles. The molecule has 3 N–H and O–H groups in total. The molecule has 0 aromatic heterocycles. The number of fused-ring (bicyclic) bond motifs is 4. The number of carbonyl (C=O) groups is 3. The van der Waals surface area contributed by atoms with Gasteiger partial charge < -0.3 is 29.9 Å². The summed E-state index contributed by atoms with van der Waals surface area (Å²) in [5.41, 5.74) is 3.12. The number of carboxylic acids is 1. The highest BCUT2D eigenvalue weighted by molar-refractivity contribution is 5.83. The van der Waals surface area contributed by atoms with E-state index in [1.807, 2.05) is 36.4 Å². The van der Waals surface area contributed by atoms with Gasteiger partial charge in [0, 0.05) is 31.5 Å². The molecule has 0 saturated carbocycles. The monoisotopic (exact) mass is 480 g/mol. The van der Waals surface area contributed by atoms with Gasteiger partial charge in [-0.15, -0.1) is 0 Å². The maximum atomic E-state index is 12.6. The first-order valence-corrected chi connectivity index (χ1v) is 11.8. The van der Waals surface area contributed by atoms with Crippen LogP contribution in [0.4, 0.5) is 4.79 Å². The molecule has 3 atom stereocenters. The number of aliphatic hydroxyl groups is 1. The molecule has 2 fully saturated rings. The van der Waals surface area contributed by atoms with Gasteiger partial charge in [0.05, 0.1) is 19.1 Å². The number of likely N-dealkylation sites (tertiary alicyclic amines) is 1. The van der Waals surface area contributed by atoms with E-state index >= 15 is 0 Å². The molecule has 9 nitrogen and oxygen atoms in total. The Morgan fingerprint density at radius 2 is 1.77 bits per heavy atom. The Bertz CT molecular complexity index is 1110. The SMILES string of the molecule is O=C(NCC(O)CC(=O)N1CC2CCOC2(C(=O)O)C1)OCC1c2ccccc2-c2ccccc21. The maximum Gasteiger partial charge on any atom is 0.407 e. The first-order chi connectivity index (χ1) is 16.9. The smallest absolute Gasteiger partial charge is 0.407 e. The third-order valence-corrected chi connectivity index (χ3v) is 7.30. The van der Waals surface area contributed by atoms with Crippen LogP contribution in [0.3, 0.4) is 0 Å². The Hall–Kier alpha value is -3.43. The Morgan fingerprint density at radius 1 is 1.11 bits per heavy atom. The van der Waals surface area contributed by atoms with E-state index in [0.29, 0.717) is 13.0 Å². The summed E-state index contributed by atoms with van der Waals surface area (Å²) >= 11 is 0. The highest BCUT2D eigenvalue weighted by Crippen LogP contribution is 2.44. The van der Waals surface area contributed by atoms with Crippen molar-refractivity contribution in [3.05, 3.63) is 59.7 Å². The van der Waals surface area contributed by atoms with Crippen LogP contribution in [0.1, 0.15) is 29.9 Å². The van der Waals surface area contributed by atoms with E-state index in [0.717, 1.165) is 22.3 Å². The summed E-state index contributed by atoms with van der Waals surface area (Å²) in [6.07, 6.45) is -1.44. The number of ether oxygens (including phenoxy) is 2. The number of nitrogens with one attached hydrogen (secondary N) is 1. The lowest BCUT2D eigenvalue weighted by molar-refractivity contribution is -0.161. The molecule has 2 aromatic carbocycles. The van der Waals surface area contributed by atoms with Crippen molar-refractivity contribution in [2.24, 2.45) is 5.92 Å². The van der Waals surface area contributed by atoms with E-state index in [4.69, 9.17) is 9.47 Å². The van der Waals surface area contributed by atoms with Crippen molar-refractivity contribution in [1.82, 2.24) is 10.2 Å². The number of alkyl carbamates (subject to hydrolysis) is 1. The summed E-state index contributed by atoms with van der Waals surface area (Å²) in [6, 6.07) is 16.1. The molecule has 0 bridgehead atoms. The number of amides is 2. The molecule has 2 aliphatic heterocycles. The van der Waals surface area contributed by atoms with Gasteiger partial charge in [0.2, 0.25) is 5.91 Å². The predicted octanol–water partition coefficient (Wildman–Crippen LogP) is 1.98. The Kier molecular flexibility index (Phi) is 6.21. The average Bonchev–Trinajstić information content (AvgIpc) is 3.51. The van der Waals surface area contributed by atoms with Crippen molar-refractivity contribution in [2.75, 3.05) is 32.8 Å². The quantitative estimate of drug-likeness (QED) is 0.553. The Balaban J connectivity index is 1.10. The van der Waals surface area contributed by atoms with E-state index in [1.165, 1.54) is 4.90 Å². The number of carboxylic acid groups (broad SMARTS) is 1. The lowest BCUT2D eigenvalue weighted by Crippen LogP contribution is -2.46. The van der Waals surface area contributed by atoms with Crippen LogP contribution in [0, 0.1) is 5.92 Å². The molecule has 0 spiro atoms. The number of carbonyl (C=O) groups excluding carboxylic acids is 2. The normalized spacial score (nSPS) is 23.3. The largest absolute Gasteiger partial charge is 0.479 e. The van der Waals surface area contributed by atoms with Gasteiger partial charge in [-0.2, -0.15) is 0 Å². The lowest BCUT2D eigenvalue weighted by Gasteiger charge is -2.23. The molecule has 2 amide bonds. The van der Waals surface area contributed by atoms with Gasteiger partial charge in [-0.3, -0.25) is 4.79 Å². The van der Waals surface area contributed by atoms with E-state index < -0.39 is 23.8 Å². The summed E-state index contributed by atoms with van der Waals surface area (Å²) in [6.45, 7) is 0.628. The molecular weight excluding hydrogens is 452 g/mol. The minimum absolute atomic E-state index is 0.0294. The van der Waals surface area contributed by atoms with Crippen molar-refractivity contribution >= 4 is 18.0 Å². The molecule has 3 aliphatic rings. The predicted molar refractivity (Wildman–Crippen MR) is 125 cm³/mol. The van der Waals surface area contributed by atoms with Gasteiger partial charge in [-0.25, -0.2) is 9.59 Å². The zero-order chi connectivity index (χ0) is 24.6. The topological polar surface area (TPSA) is 125 Å². The van der Waals surface area contributed by atoms with Crippen LogP contribution < -0.4 is 5.32 Å². The standard InChI is InChI=1S/C26H28N2O7/c29-17(11-23(30)28-13-16-9-10-35-26(16,15-28)24(31)32)12-27-25(33)34-14-22-20-7-3-1-5-18(20)19-6-2-4-8-21(19)22/h1-8,16-17,22,29H,9-15H2,(H,27,33)(H,31,32). The van der Waals surface area contributed by atoms with Gasteiger partial charge in [-0.05, 0) is 28.7 Å². The second kappa shape index (κ2) is 9.31. The first kappa shape index (κ1) is 23.3. The summed E-state index contributed by atoms with van der Waals surface area (Å²) < 4.78 is 10.9. The summed E-state index contributed by atoms with van der Waals surface area (Å²) in [5.74, 6) is -1.75. The van der Waals surface area contributed by atoms with E-state index in [9.17, 15) is 24.6 Å². The third-order valence-electron chi connectivity index (χ3n) is 7.30. The second-order valence-electron chi connectivity index (χ2n) is 9.37. The second-order valence-corrected chi connectivity index (χ2v) is 9.37. The first-order valence-electron chi connectivity index (χ1n) is 11.8. The van der Waals surface area contributed by atoms with Gasteiger partial charge in [0.25, 0.3) is 0 Å². The Labute approximate surface area is 202 Å². The zero-order valence-electron chi connectivity index (χ0n) is 19.2. The van der Waals surface area contributed by atoms with Crippen molar-refractivity contribution in [3.63, 3.8) is 0 Å². The number of nitrogens with zero attached hydrogens (tertiary/aromatic N) is 1. The number of benzene rings is 2. The van der Waals surface area contributed by atoms with Crippen LogP contribution in [0.15, 0.2) is 48.5 Å². The molecular formula is C26H28N2O7. The fourth-order valence-electron chi connectivity index (χ4n) is 5.51. The highest BCUT2D eigenvalue weighted by atomic mass is 16.5. The van der Waals surface area contributed by atoms with Crippen LogP contribution in [0.5, 0.6) is 0 Å². The van der Waals surface area contributed by atoms with Crippen LogP contribution in [0.2, 0.25) is 0 Å². The fraction of sp³-hybridized carbons (Fsp3) is 0.423. The number of hydrogen-bond donors (Lipinski definition) is 3. The number of aliphatic hydroxyl groups excluding tert-OH is 1. The summed E-state index contributed by atoms with van der Waals surface area (Å²) in [7, 11) is 0. The molecule has 1 aliphatic carbocycles. The fourth-order valence-corrected chi connectivity index (χ4v) is 5.51. The van der Waals surface area contributed by atoms with Gasteiger partial charge >= 0.3 is 12.1 Å². The molecule has 184 valence electrons. The van der Waals surface area contributed by atoms with Gasteiger partial charge in [-0.1, -0.05) is 48.5 Å². The van der Waals surface area contributed by atoms with Crippen LogP contribution >= 0.6 is 0 Å². The number of hydrogen-bond acceptors (Lipinski definition) is 6. The Morgan fingerprint density at radius 3 is 2.40 bits per heavy atom. The van der Waals surface area contributed by atoms with Crippen LogP contribution in [-0.2, 0) is 19.1 Å². The molecule has 5 rings (SSSR count). The van der Waals surface area contributed by atoms with Crippen molar-refractivity contribution in [2.45, 2.75) is 30.5 Å². The third kappa shape index (κ3) is 4.26. The molecule has 2 aromatic rings. The van der Waals surface area contributed by atoms with E-state index in [-0.39, 0.29) is 50.4 Å². The summed E-state index contributed by atoms with van der Waals surface area (Å²) in [4.78, 5) is 38.0. The number of rotatable bonds is 7. The average molecular weight is 481 g/mol. The van der Waals surface area contributed by atoms with Gasteiger partial charge in [0.1, 0.15) is 6.61 Å². The summed E-state index contributed by atoms with van der Waals surface area (Å²) in [5, 5.41) is 22.4. The number of aliphatic carboxylic acids is 1. The van der Waals surface area contributed by atoms with E-state index in [1.54, 1.807) is 0 Å². The van der Waals surface area contributed by atoms with Gasteiger partial charge in [0.15, 0.2) is 5.60 Å². The van der Waals surface area contributed by atoms with Crippen molar-refractivity contribution in [3.8, 4) is 11.1 Å². The van der Waals surface area contributed by atoms with Crippen LogP contribution in [0.25, 0.3) is 11.1 Å². The van der Waals surface area contributed by atoms with Crippen molar-refractivity contribution < 1.29 is 34.1 Å². The minimum atomic E-state index is -1.35.